The fourth-order valence-electron chi connectivity index (χ4n) is 1.80. The molecule has 2 nitrogen and oxygen atoms in total. The maximum Gasteiger partial charge on any atom is 0.119 e. The summed E-state index contributed by atoms with van der Waals surface area (Å²) in [6.07, 6.45) is 0.517. The van der Waals surface area contributed by atoms with Gasteiger partial charge in [0.1, 0.15) is 5.75 Å². The Morgan fingerprint density at radius 2 is 2.40 bits per heavy atom. The van der Waals surface area contributed by atoms with Crippen LogP contribution in [0.5, 0.6) is 5.75 Å². The number of hydrogen-bond donors (Lipinski definition) is 1. The van der Waals surface area contributed by atoms with Crippen LogP contribution in [0.15, 0.2) is 18.2 Å². The number of ether oxygens (including phenoxy) is 1. The SMILES string of the molecule is CCOc1ccc2c(c1)[C@H](O)CCSC2. The molecule has 0 spiro atoms. The van der Waals surface area contributed by atoms with Crippen LogP contribution in [0.25, 0.3) is 0 Å². The quantitative estimate of drug-likeness (QED) is 0.837. The summed E-state index contributed by atoms with van der Waals surface area (Å²) in [6.45, 7) is 2.64. The van der Waals surface area contributed by atoms with Crippen LogP contribution in [0.3, 0.4) is 0 Å². The highest BCUT2D eigenvalue weighted by Gasteiger charge is 2.16. The molecule has 0 aromatic heterocycles. The van der Waals surface area contributed by atoms with Crippen LogP contribution in [0.4, 0.5) is 0 Å². The molecule has 0 bridgehead atoms. The van der Waals surface area contributed by atoms with Crippen molar-refractivity contribution in [1.82, 2.24) is 0 Å². The van der Waals surface area contributed by atoms with E-state index in [-0.39, 0.29) is 6.10 Å². The van der Waals surface area contributed by atoms with E-state index in [1.54, 1.807) is 0 Å². The second-order valence-corrected chi connectivity index (χ2v) is 4.76. The zero-order valence-electron chi connectivity index (χ0n) is 8.90. The fourth-order valence-corrected chi connectivity index (χ4v) is 2.82. The van der Waals surface area contributed by atoms with Crippen LogP contribution in [0.1, 0.15) is 30.6 Å². The maximum absolute atomic E-state index is 9.97. The van der Waals surface area contributed by atoms with E-state index in [1.807, 2.05) is 30.8 Å². The summed E-state index contributed by atoms with van der Waals surface area (Å²) in [7, 11) is 0. The van der Waals surface area contributed by atoms with Gasteiger partial charge in [-0.25, -0.2) is 0 Å². The van der Waals surface area contributed by atoms with Crippen molar-refractivity contribution >= 4 is 11.8 Å². The zero-order chi connectivity index (χ0) is 10.7. The van der Waals surface area contributed by atoms with Gasteiger partial charge in [0.15, 0.2) is 0 Å². The zero-order valence-corrected chi connectivity index (χ0v) is 9.72. The molecule has 1 aromatic carbocycles. The van der Waals surface area contributed by atoms with Gasteiger partial charge in [0.2, 0.25) is 0 Å². The summed E-state index contributed by atoms with van der Waals surface area (Å²) >= 11 is 1.88. The lowest BCUT2D eigenvalue weighted by atomic mass is 10.0. The lowest BCUT2D eigenvalue weighted by Crippen LogP contribution is -2.01. The van der Waals surface area contributed by atoms with Gasteiger partial charge in [-0.3, -0.25) is 0 Å². The molecular weight excluding hydrogens is 208 g/mol. The molecular formula is C12H16O2S. The Labute approximate surface area is 94.6 Å². The Kier molecular flexibility index (Phi) is 3.54. The van der Waals surface area contributed by atoms with E-state index in [0.717, 1.165) is 29.2 Å². The molecule has 0 unspecified atom stereocenters. The second-order valence-electron chi connectivity index (χ2n) is 3.65. The molecule has 0 radical (unpaired) electrons. The minimum atomic E-state index is -0.324. The van der Waals surface area contributed by atoms with Crippen LogP contribution in [0.2, 0.25) is 0 Å². The van der Waals surface area contributed by atoms with Crippen molar-refractivity contribution in [2.75, 3.05) is 12.4 Å². The van der Waals surface area contributed by atoms with E-state index >= 15 is 0 Å². The summed E-state index contributed by atoms with van der Waals surface area (Å²) in [6, 6.07) is 6.04. The molecule has 1 N–H and O–H groups in total. The van der Waals surface area contributed by atoms with Gasteiger partial charge in [-0.1, -0.05) is 6.07 Å². The van der Waals surface area contributed by atoms with Crippen LogP contribution in [-0.2, 0) is 5.75 Å². The van der Waals surface area contributed by atoms with Crippen molar-refractivity contribution < 1.29 is 9.84 Å². The van der Waals surface area contributed by atoms with Crippen LogP contribution in [0, 0.1) is 0 Å². The Hall–Kier alpha value is -0.670. The third kappa shape index (κ3) is 2.47. The number of aliphatic hydroxyl groups excluding tert-OH is 1. The van der Waals surface area contributed by atoms with E-state index in [1.165, 1.54) is 5.56 Å². The van der Waals surface area contributed by atoms with Crippen LogP contribution in [-0.4, -0.2) is 17.5 Å². The predicted octanol–water partition coefficient (Wildman–Crippen LogP) is 2.76. The molecule has 0 saturated heterocycles. The van der Waals surface area contributed by atoms with Gasteiger partial charge < -0.3 is 9.84 Å². The molecule has 15 heavy (non-hydrogen) atoms. The first kappa shape index (κ1) is 10.8. The van der Waals surface area contributed by atoms with Crippen molar-refractivity contribution in [1.29, 1.82) is 0 Å². The highest BCUT2D eigenvalue weighted by Crippen LogP contribution is 2.32. The average Bonchev–Trinajstić information content (AvgIpc) is 2.42. The van der Waals surface area contributed by atoms with Crippen molar-refractivity contribution in [3.8, 4) is 5.75 Å². The van der Waals surface area contributed by atoms with Crippen molar-refractivity contribution in [2.45, 2.75) is 25.2 Å². The van der Waals surface area contributed by atoms with E-state index in [4.69, 9.17) is 4.74 Å². The number of rotatable bonds is 2. The van der Waals surface area contributed by atoms with E-state index in [0.29, 0.717) is 6.61 Å². The minimum Gasteiger partial charge on any atom is -0.494 e. The lowest BCUT2D eigenvalue weighted by molar-refractivity contribution is 0.174. The van der Waals surface area contributed by atoms with E-state index < -0.39 is 0 Å². The molecule has 0 aliphatic carbocycles. The Balaban J connectivity index is 2.31. The molecule has 1 aliphatic rings. The smallest absolute Gasteiger partial charge is 0.119 e. The standard InChI is InChI=1S/C12H16O2S/c1-2-14-10-4-3-9-8-15-6-5-12(13)11(9)7-10/h3-4,7,12-13H,2,5-6,8H2,1H3/t12-/m1/s1. The average molecular weight is 224 g/mol. The topological polar surface area (TPSA) is 29.5 Å². The minimum absolute atomic E-state index is 0.324. The second kappa shape index (κ2) is 4.90. The Bertz CT molecular complexity index is 338. The molecule has 0 fully saturated rings. The normalized spacial score (nSPS) is 20.5. The fraction of sp³-hybridized carbons (Fsp3) is 0.500. The lowest BCUT2D eigenvalue weighted by Gasteiger charge is -2.13. The highest BCUT2D eigenvalue weighted by atomic mass is 32.2. The molecule has 1 aromatic rings. The molecule has 0 saturated carbocycles. The number of hydrogen-bond acceptors (Lipinski definition) is 3. The third-order valence-electron chi connectivity index (χ3n) is 2.58. The molecule has 1 aliphatic heterocycles. The van der Waals surface area contributed by atoms with Crippen LogP contribution >= 0.6 is 11.8 Å². The van der Waals surface area contributed by atoms with Gasteiger partial charge in [-0.15, -0.1) is 0 Å². The maximum atomic E-state index is 9.97. The molecule has 0 amide bonds. The number of benzene rings is 1. The Morgan fingerprint density at radius 1 is 1.53 bits per heavy atom. The first-order chi connectivity index (χ1) is 7.31. The van der Waals surface area contributed by atoms with Crippen molar-refractivity contribution in [3.05, 3.63) is 29.3 Å². The summed E-state index contributed by atoms with van der Waals surface area (Å²) in [5.41, 5.74) is 2.29. The Morgan fingerprint density at radius 3 is 3.20 bits per heavy atom. The first-order valence-electron chi connectivity index (χ1n) is 5.32. The summed E-state index contributed by atoms with van der Waals surface area (Å²) in [4.78, 5) is 0. The van der Waals surface area contributed by atoms with Gasteiger partial charge in [0.05, 0.1) is 12.7 Å². The van der Waals surface area contributed by atoms with Gasteiger partial charge in [0.25, 0.3) is 0 Å². The van der Waals surface area contributed by atoms with Gasteiger partial charge in [0, 0.05) is 5.75 Å². The number of thioether (sulfide) groups is 1. The molecule has 3 heteroatoms. The summed E-state index contributed by atoms with van der Waals surface area (Å²) in [5.74, 6) is 2.89. The molecule has 1 atom stereocenters. The summed E-state index contributed by atoms with van der Waals surface area (Å²) in [5, 5.41) is 9.97. The first-order valence-corrected chi connectivity index (χ1v) is 6.48. The number of aliphatic hydroxyl groups is 1. The largest absolute Gasteiger partial charge is 0.494 e. The monoisotopic (exact) mass is 224 g/mol. The van der Waals surface area contributed by atoms with Crippen LogP contribution < -0.4 is 4.74 Å². The molecule has 2 rings (SSSR count). The highest BCUT2D eigenvalue weighted by molar-refractivity contribution is 7.98. The molecule has 1 heterocycles. The number of fused-ring (bicyclic) bond motifs is 1. The molecule has 82 valence electrons. The van der Waals surface area contributed by atoms with Gasteiger partial charge in [-0.05, 0) is 42.4 Å². The summed E-state index contributed by atoms with van der Waals surface area (Å²) < 4.78 is 5.44. The van der Waals surface area contributed by atoms with Crippen molar-refractivity contribution in [3.63, 3.8) is 0 Å². The van der Waals surface area contributed by atoms with Gasteiger partial charge in [-0.2, -0.15) is 11.8 Å². The predicted molar refractivity (Wildman–Crippen MR) is 63.3 cm³/mol. The third-order valence-corrected chi connectivity index (χ3v) is 3.62. The van der Waals surface area contributed by atoms with Crippen molar-refractivity contribution in [2.24, 2.45) is 0 Å². The van der Waals surface area contributed by atoms with E-state index in [9.17, 15) is 5.11 Å². The van der Waals surface area contributed by atoms with E-state index in [2.05, 4.69) is 6.07 Å². The van der Waals surface area contributed by atoms with Gasteiger partial charge >= 0.3 is 0 Å².